The number of carbonyl (C=O) groups excluding carboxylic acids is 3. The standard InChI is InChI=1S/C26H41N3O7Si/c1-10-11-35-24(34)28-14-15(12-18(28)21(30)27(6)7)16-13-17-19(22(31)29(17)20(16)23(32)33)26(5,25(2,3)4)36-37(8)9/h10,15,17-19,37H,1,11-14H2,2-9H3,(H,32,33)/t15?,17-,18+,19-,26-/m1/s1. The number of nitrogens with zero attached hydrogens (tertiary/aromatic N) is 3. The molecule has 11 heteroatoms. The Kier molecular flexibility index (Phi) is 8.00. The molecule has 0 aliphatic carbocycles. The fraction of sp³-hybridized carbons (Fsp3) is 0.692. The van der Waals surface area contributed by atoms with Gasteiger partial charge in [0.05, 0.1) is 17.6 Å². The van der Waals surface area contributed by atoms with Gasteiger partial charge in [-0.25, -0.2) is 9.59 Å². The van der Waals surface area contributed by atoms with Crippen molar-refractivity contribution < 1.29 is 33.4 Å². The topological polar surface area (TPSA) is 117 Å². The monoisotopic (exact) mass is 535 g/mol. The molecule has 0 radical (unpaired) electrons. The van der Waals surface area contributed by atoms with E-state index in [0.29, 0.717) is 12.0 Å². The third-order valence-corrected chi connectivity index (χ3v) is 9.00. The molecular formula is C26H41N3O7Si. The second-order valence-electron chi connectivity index (χ2n) is 11.9. The molecule has 0 spiro atoms. The zero-order valence-electron chi connectivity index (χ0n) is 23.2. The smallest absolute Gasteiger partial charge is 0.410 e. The molecule has 0 aromatic rings. The van der Waals surface area contributed by atoms with E-state index in [0.717, 1.165) is 0 Å². The van der Waals surface area contributed by atoms with Gasteiger partial charge in [0.25, 0.3) is 0 Å². The van der Waals surface area contributed by atoms with Gasteiger partial charge in [-0.3, -0.25) is 14.5 Å². The van der Waals surface area contributed by atoms with Crippen LogP contribution >= 0.6 is 0 Å². The van der Waals surface area contributed by atoms with Crippen molar-refractivity contribution in [1.82, 2.24) is 14.7 Å². The van der Waals surface area contributed by atoms with Gasteiger partial charge in [0, 0.05) is 26.6 Å². The first-order valence-electron chi connectivity index (χ1n) is 12.8. The highest BCUT2D eigenvalue weighted by Crippen LogP contribution is 2.54. The second kappa shape index (κ2) is 10.2. The van der Waals surface area contributed by atoms with E-state index in [-0.39, 0.29) is 48.5 Å². The van der Waals surface area contributed by atoms with Crippen molar-refractivity contribution in [2.75, 3.05) is 27.2 Å². The molecule has 3 heterocycles. The summed E-state index contributed by atoms with van der Waals surface area (Å²) in [6.45, 7) is 15.9. The lowest BCUT2D eigenvalue weighted by Crippen LogP contribution is -2.70. The van der Waals surface area contributed by atoms with E-state index in [1.807, 2.05) is 27.7 Å². The van der Waals surface area contributed by atoms with E-state index >= 15 is 0 Å². The molecule has 2 fully saturated rings. The van der Waals surface area contributed by atoms with Crippen molar-refractivity contribution in [2.24, 2.45) is 17.3 Å². The molecular weight excluding hydrogens is 494 g/mol. The average molecular weight is 536 g/mol. The van der Waals surface area contributed by atoms with E-state index in [4.69, 9.17) is 9.16 Å². The summed E-state index contributed by atoms with van der Waals surface area (Å²) in [6.07, 6.45) is 1.43. The molecule has 5 atom stereocenters. The SMILES string of the molecule is C=CCOC(=O)N1CC(C2=C(C(=O)O)N3C(=O)[C@H]([C@@](C)(O[SiH](C)C)C(C)(C)C)[C@H]3C2)C[C@H]1C(=O)N(C)C. The molecule has 1 N–H and O–H groups in total. The van der Waals surface area contributed by atoms with E-state index in [1.54, 1.807) is 14.1 Å². The van der Waals surface area contributed by atoms with Gasteiger partial charge in [-0.2, -0.15) is 0 Å². The van der Waals surface area contributed by atoms with Crippen molar-refractivity contribution in [3.05, 3.63) is 23.9 Å². The van der Waals surface area contributed by atoms with E-state index < -0.39 is 44.6 Å². The lowest BCUT2D eigenvalue weighted by Gasteiger charge is -2.57. The number of fused-ring (bicyclic) bond motifs is 1. The molecule has 0 aromatic heterocycles. The number of rotatable bonds is 8. The minimum atomic E-state index is -1.54. The third kappa shape index (κ3) is 4.95. The minimum absolute atomic E-state index is 0.00251. The number of carboxylic acids is 1. The maximum atomic E-state index is 13.6. The lowest BCUT2D eigenvalue weighted by atomic mass is 9.63. The predicted octanol–water partition coefficient (Wildman–Crippen LogP) is 2.46. The molecule has 2 saturated heterocycles. The largest absolute Gasteiger partial charge is 0.477 e. The molecule has 3 aliphatic rings. The molecule has 3 aliphatic heterocycles. The van der Waals surface area contributed by atoms with Crippen LogP contribution in [0.2, 0.25) is 13.1 Å². The van der Waals surface area contributed by atoms with Crippen molar-refractivity contribution >= 4 is 32.9 Å². The highest BCUT2D eigenvalue weighted by atomic mass is 28.3. The van der Waals surface area contributed by atoms with Gasteiger partial charge < -0.3 is 24.1 Å². The van der Waals surface area contributed by atoms with Gasteiger partial charge in [0.1, 0.15) is 18.3 Å². The first-order valence-corrected chi connectivity index (χ1v) is 15.6. The van der Waals surface area contributed by atoms with Gasteiger partial charge in [-0.05, 0) is 43.8 Å². The molecule has 0 aromatic carbocycles. The highest BCUT2D eigenvalue weighted by molar-refractivity contribution is 6.48. The molecule has 37 heavy (non-hydrogen) atoms. The van der Waals surface area contributed by atoms with Crippen molar-refractivity contribution in [2.45, 2.75) is 71.3 Å². The average Bonchev–Trinajstić information content (AvgIpc) is 3.35. The van der Waals surface area contributed by atoms with Crippen LogP contribution in [0.1, 0.15) is 40.5 Å². The van der Waals surface area contributed by atoms with Crippen molar-refractivity contribution in [3.63, 3.8) is 0 Å². The molecule has 10 nitrogen and oxygen atoms in total. The number of β-lactam (4-membered cyclic amide) rings is 1. The maximum absolute atomic E-state index is 13.6. The summed E-state index contributed by atoms with van der Waals surface area (Å²) in [6, 6.07) is -1.12. The zero-order valence-corrected chi connectivity index (χ0v) is 24.4. The Hall–Kier alpha value is -2.66. The van der Waals surface area contributed by atoms with Crippen LogP contribution in [0.25, 0.3) is 0 Å². The number of carboxylic acid groups (broad SMARTS) is 1. The zero-order chi connectivity index (χ0) is 28.0. The Bertz CT molecular complexity index is 1020. The van der Waals surface area contributed by atoms with Crippen LogP contribution < -0.4 is 0 Å². The number of hydrogen-bond acceptors (Lipinski definition) is 6. The summed E-state index contributed by atoms with van der Waals surface area (Å²) < 4.78 is 11.7. The van der Waals surface area contributed by atoms with Gasteiger partial charge >= 0.3 is 12.1 Å². The number of likely N-dealkylation sites (N-methyl/N-ethyl adjacent to an activating group) is 1. The third-order valence-electron chi connectivity index (χ3n) is 8.04. The molecule has 3 amide bonds. The molecule has 3 rings (SSSR count). The summed E-state index contributed by atoms with van der Waals surface area (Å²) in [5.41, 5.74) is -0.538. The number of amides is 3. The fourth-order valence-electron chi connectivity index (χ4n) is 5.95. The predicted molar refractivity (Wildman–Crippen MR) is 140 cm³/mol. The number of aliphatic carboxylic acids is 1. The Balaban J connectivity index is 1.96. The van der Waals surface area contributed by atoms with Crippen LogP contribution in [0, 0.1) is 17.3 Å². The van der Waals surface area contributed by atoms with E-state index in [2.05, 4.69) is 19.7 Å². The normalized spacial score (nSPS) is 27.1. The number of likely N-dealkylation sites (tertiary alicyclic amines) is 1. The van der Waals surface area contributed by atoms with Crippen LogP contribution in [-0.4, -0.2) is 97.7 Å². The first-order chi connectivity index (χ1) is 17.1. The van der Waals surface area contributed by atoms with E-state index in [1.165, 1.54) is 20.8 Å². The second-order valence-corrected chi connectivity index (χ2v) is 14.2. The minimum Gasteiger partial charge on any atom is -0.477 e. The van der Waals surface area contributed by atoms with Crippen LogP contribution in [0.3, 0.4) is 0 Å². The van der Waals surface area contributed by atoms with Gasteiger partial charge in [-0.1, -0.05) is 33.4 Å². The van der Waals surface area contributed by atoms with Crippen LogP contribution in [-0.2, 0) is 23.5 Å². The number of carbonyl (C=O) groups is 4. The Morgan fingerprint density at radius 1 is 1.22 bits per heavy atom. The lowest BCUT2D eigenvalue weighted by molar-refractivity contribution is -0.180. The molecule has 1 unspecified atom stereocenters. The van der Waals surface area contributed by atoms with Crippen LogP contribution in [0.4, 0.5) is 4.79 Å². The van der Waals surface area contributed by atoms with Crippen molar-refractivity contribution in [1.29, 1.82) is 0 Å². The quantitative estimate of drug-likeness (QED) is 0.288. The Morgan fingerprint density at radius 2 is 1.84 bits per heavy atom. The highest BCUT2D eigenvalue weighted by Gasteiger charge is 2.65. The maximum Gasteiger partial charge on any atom is 0.410 e. The van der Waals surface area contributed by atoms with Crippen molar-refractivity contribution in [3.8, 4) is 0 Å². The number of hydrogen-bond donors (Lipinski definition) is 1. The number of ether oxygens (including phenoxy) is 1. The summed E-state index contributed by atoms with van der Waals surface area (Å²) in [5.74, 6) is -2.56. The Morgan fingerprint density at radius 3 is 2.32 bits per heavy atom. The van der Waals surface area contributed by atoms with Gasteiger partial charge in [0.2, 0.25) is 11.8 Å². The fourth-order valence-corrected chi connectivity index (χ4v) is 7.43. The summed E-state index contributed by atoms with van der Waals surface area (Å²) in [4.78, 5) is 55.9. The summed E-state index contributed by atoms with van der Waals surface area (Å²) in [5, 5.41) is 10.2. The molecule has 0 saturated carbocycles. The van der Waals surface area contributed by atoms with Gasteiger partial charge in [0.15, 0.2) is 9.04 Å². The van der Waals surface area contributed by atoms with Crippen LogP contribution in [0.5, 0.6) is 0 Å². The van der Waals surface area contributed by atoms with E-state index in [9.17, 15) is 24.3 Å². The van der Waals surface area contributed by atoms with Crippen LogP contribution in [0.15, 0.2) is 23.9 Å². The Labute approximate surface area is 221 Å². The van der Waals surface area contributed by atoms with Gasteiger partial charge in [-0.15, -0.1) is 0 Å². The summed E-state index contributed by atoms with van der Waals surface area (Å²) in [7, 11) is 1.69. The molecule has 0 bridgehead atoms. The summed E-state index contributed by atoms with van der Waals surface area (Å²) >= 11 is 0. The first kappa shape index (κ1) is 28.9. The molecule has 206 valence electrons.